The summed E-state index contributed by atoms with van der Waals surface area (Å²) < 4.78 is 0. The number of hydrogen-bond acceptors (Lipinski definition) is 2. The van der Waals surface area contributed by atoms with Gasteiger partial charge in [-0.2, -0.15) is 0 Å². The van der Waals surface area contributed by atoms with Crippen LogP contribution in [0.15, 0.2) is 30.3 Å². The Balaban J connectivity index is 1.34. The maximum Gasteiger partial charge on any atom is 0.223 e. The number of hydrogen-bond donors (Lipinski definition) is 1. The zero-order valence-corrected chi connectivity index (χ0v) is 16.3. The molecule has 0 unspecified atom stereocenters. The summed E-state index contributed by atoms with van der Waals surface area (Å²) >= 11 is 0. The molecule has 1 saturated heterocycles. The van der Waals surface area contributed by atoms with Gasteiger partial charge in [0.05, 0.1) is 0 Å². The predicted octanol–water partition coefficient (Wildman–Crippen LogP) is 4.13. The Kier molecular flexibility index (Phi) is 5.35. The molecule has 0 spiro atoms. The molecular formula is C23H34N2O. The van der Waals surface area contributed by atoms with Gasteiger partial charge in [-0.15, -0.1) is 0 Å². The molecule has 3 heteroatoms. The first-order valence-electron chi connectivity index (χ1n) is 10.7. The van der Waals surface area contributed by atoms with Crippen molar-refractivity contribution in [2.75, 3.05) is 19.6 Å². The quantitative estimate of drug-likeness (QED) is 0.862. The fourth-order valence-corrected chi connectivity index (χ4v) is 5.22. The van der Waals surface area contributed by atoms with Gasteiger partial charge in [-0.1, -0.05) is 56.5 Å². The third-order valence-corrected chi connectivity index (χ3v) is 7.10. The highest BCUT2D eigenvalue weighted by molar-refractivity contribution is 5.81. The molecule has 1 N–H and O–H groups in total. The van der Waals surface area contributed by atoms with E-state index in [1.807, 2.05) is 0 Å². The highest BCUT2D eigenvalue weighted by Gasteiger charge is 2.40. The number of carbonyl (C=O) groups excluding carboxylic acids is 1. The van der Waals surface area contributed by atoms with Crippen LogP contribution in [0.3, 0.4) is 0 Å². The largest absolute Gasteiger partial charge is 0.353 e. The van der Waals surface area contributed by atoms with Gasteiger partial charge in [0.2, 0.25) is 5.91 Å². The number of benzene rings is 1. The number of piperidine rings is 1. The molecule has 2 saturated carbocycles. The van der Waals surface area contributed by atoms with Gasteiger partial charge in [-0.05, 0) is 43.6 Å². The van der Waals surface area contributed by atoms with E-state index in [4.69, 9.17) is 0 Å². The lowest BCUT2D eigenvalue weighted by Gasteiger charge is -2.44. The van der Waals surface area contributed by atoms with Gasteiger partial charge >= 0.3 is 0 Å². The summed E-state index contributed by atoms with van der Waals surface area (Å²) in [7, 11) is 0. The van der Waals surface area contributed by atoms with Crippen molar-refractivity contribution in [3.8, 4) is 0 Å². The highest BCUT2D eigenvalue weighted by Crippen LogP contribution is 2.41. The first-order chi connectivity index (χ1) is 12.7. The van der Waals surface area contributed by atoms with Gasteiger partial charge in [-0.25, -0.2) is 0 Å². The SMILES string of the molecule is C[C@@H]1C[C@H]1C(=O)NC1CCN(CC2(c3ccccc3)CCCCC2)CC1. The fraction of sp³-hybridized carbons (Fsp3) is 0.696. The van der Waals surface area contributed by atoms with Crippen molar-refractivity contribution >= 4 is 5.91 Å². The molecule has 142 valence electrons. The second kappa shape index (κ2) is 7.72. The van der Waals surface area contributed by atoms with Crippen molar-refractivity contribution < 1.29 is 4.79 Å². The topological polar surface area (TPSA) is 32.3 Å². The van der Waals surface area contributed by atoms with Gasteiger partial charge in [0.15, 0.2) is 0 Å². The lowest BCUT2D eigenvalue weighted by atomic mass is 9.69. The molecule has 3 nitrogen and oxygen atoms in total. The third-order valence-electron chi connectivity index (χ3n) is 7.10. The molecular weight excluding hydrogens is 320 g/mol. The maximum atomic E-state index is 12.2. The molecule has 1 heterocycles. The average Bonchev–Trinajstić information content (AvgIpc) is 3.42. The van der Waals surface area contributed by atoms with Gasteiger partial charge in [0.25, 0.3) is 0 Å². The number of amides is 1. The zero-order chi connectivity index (χ0) is 18.0. The van der Waals surface area contributed by atoms with Crippen molar-refractivity contribution in [3.63, 3.8) is 0 Å². The lowest BCUT2D eigenvalue weighted by Crippen LogP contribution is -2.49. The van der Waals surface area contributed by atoms with Crippen LogP contribution >= 0.6 is 0 Å². The summed E-state index contributed by atoms with van der Waals surface area (Å²) in [5.41, 5.74) is 1.89. The summed E-state index contributed by atoms with van der Waals surface area (Å²) in [6.45, 7) is 5.62. The molecule has 0 bridgehead atoms. The first kappa shape index (κ1) is 18.0. The Morgan fingerprint density at radius 2 is 1.77 bits per heavy atom. The Morgan fingerprint density at radius 3 is 2.38 bits per heavy atom. The monoisotopic (exact) mass is 354 g/mol. The van der Waals surface area contributed by atoms with Gasteiger partial charge in [0.1, 0.15) is 0 Å². The van der Waals surface area contributed by atoms with Crippen LogP contribution in [0.4, 0.5) is 0 Å². The molecule has 2 aliphatic carbocycles. The lowest BCUT2D eigenvalue weighted by molar-refractivity contribution is -0.123. The van der Waals surface area contributed by atoms with Crippen LogP contribution in [0.1, 0.15) is 63.9 Å². The standard InChI is InChI=1S/C23H34N2O/c1-18-16-21(18)22(26)24-20-10-14-25(15-11-20)17-23(12-6-3-7-13-23)19-8-4-2-5-9-19/h2,4-5,8-9,18,20-21H,3,6-7,10-17H2,1H3,(H,24,26)/t18-,21-/m1/s1. The van der Waals surface area contributed by atoms with Crippen LogP contribution in [0, 0.1) is 11.8 Å². The molecule has 2 atom stereocenters. The Bertz CT molecular complexity index is 600. The number of carbonyl (C=O) groups is 1. The van der Waals surface area contributed by atoms with E-state index in [0.717, 1.165) is 32.4 Å². The van der Waals surface area contributed by atoms with Crippen molar-refractivity contribution in [2.45, 2.75) is 69.7 Å². The van der Waals surface area contributed by atoms with Gasteiger partial charge in [0, 0.05) is 37.0 Å². The molecule has 3 fully saturated rings. The zero-order valence-electron chi connectivity index (χ0n) is 16.3. The number of rotatable bonds is 5. The summed E-state index contributed by atoms with van der Waals surface area (Å²) in [6, 6.07) is 11.6. The molecule has 0 aromatic heterocycles. The maximum absolute atomic E-state index is 12.2. The van der Waals surface area contributed by atoms with Crippen LogP contribution in [0.5, 0.6) is 0 Å². The number of nitrogens with one attached hydrogen (secondary N) is 1. The second-order valence-electron chi connectivity index (χ2n) is 9.09. The van der Waals surface area contributed by atoms with Gasteiger partial charge < -0.3 is 10.2 Å². The molecule has 1 amide bonds. The Hall–Kier alpha value is -1.35. The minimum atomic E-state index is 0.302. The second-order valence-corrected chi connectivity index (χ2v) is 9.09. The van der Waals surface area contributed by atoms with E-state index in [2.05, 4.69) is 47.5 Å². The smallest absolute Gasteiger partial charge is 0.223 e. The third kappa shape index (κ3) is 3.98. The first-order valence-corrected chi connectivity index (χ1v) is 10.7. The van der Waals surface area contributed by atoms with E-state index in [-0.39, 0.29) is 0 Å². The Morgan fingerprint density at radius 1 is 1.12 bits per heavy atom. The molecule has 1 aromatic carbocycles. The number of likely N-dealkylation sites (tertiary alicyclic amines) is 1. The molecule has 0 radical (unpaired) electrons. The Labute approximate surface area is 158 Å². The minimum absolute atomic E-state index is 0.302. The average molecular weight is 355 g/mol. The van der Waals surface area contributed by atoms with Crippen molar-refractivity contribution in [3.05, 3.63) is 35.9 Å². The van der Waals surface area contributed by atoms with Crippen molar-refractivity contribution in [1.82, 2.24) is 10.2 Å². The van der Waals surface area contributed by atoms with E-state index in [1.54, 1.807) is 0 Å². The van der Waals surface area contributed by atoms with E-state index in [9.17, 15) is 4.79 Å². The van der Waals surface area contributed by atoms with E-state index in [1.165, 1.54) is 44.2 Å². The van der Waals surface area contributed by atoms with Crippen molar-refractivity contribution in [2.24, 2.45) is 11.8 Å². The van der Waals surface area contributed by atoms with E-state index in [0.29, 0.717) is 29.2 Å². The minimum Gasteiger partial charge on any atom is -0.353 e. The predicted molar refractivity (Wildman–Crippen MR) is 106 cm³/mol. The van der Waals surface area contributed by atoms with Crippen LogP contribution in [0.25, 0.3) is 0 Å². The molecule has 3 aliphatic rings. The van der Waals surface area contributed by atoms with E-state index >= 15 is 0 Å². The van der Waals surface area contributed by atoms with Crippen molar-refractivity contribution in [1.29, 1.82) is 0 Å². The fourth-order valence-electron chi connectivity index (χ4n) is 5.22. The van der Waals surface area contributed by atoms with Crippen LogP contribution in [0.2, 0.25) is 0 Å². The highest BCUT2D eigenvalue weighted by atomic mass is 16.2. The summed E-state index contributed by atoms with van der Waals surface area (Å²) in [5, 5.41) is 3.31. The van der Waals surface area contributed by atoms with E-state index < -0.39 is 0 Å². The van der Waals surface area contributed by atoms with Crippen LogP contribution in [-0.4, -0.2) is 36.5 Å². The molecule has 4 rings (SSSR count). The summed E-state index contributed by atoms with van der Waals surface area (Å²) in [5.74, 6) is 1.22. The van der Waals surface area contributed by atoms with Crippen LogP contribution < -0.4 is 5.32 Å². The molecule has 1 aromatic rings. The van der Waals surface area contributed by atoms with Gasteiger partial charge in [-0.3, -0.25) is 4.79 Å². The summed E-state index contributed by atoms with van der Waals surface area (Å²) in [6.07, 6.45) is 10.1. The molecule has 26 heavy (non-hydrogen) atoms. The normalized spacial score (nSPS) is 29.3. The summed E-state index contributed by atoms with van der Waals surface area (Å²) in [4.78, 5) is 14.9. The van der Waals surface area contributed by atoms with Crippen LogP contribution in [-0.2, 0) is 10.2 Å². The number of nitrogens with zero attached hydrogens (tertiary/aromatic N) is 1. The molecule has 1 aliphatic heterocycles.